The van der Waals surface area contributed by atoms with Crippen LogP contribution in [-0.4, -0.2) is 24.1 Å². The molecule has 0 fully saturated rings. The maximum Gasteiger partial charge on any atom is 0.240 e. The molecule has 0 aliphatic heterocycles. The van der Waals surface area contributed by atoms with E-state index in [9.17, 15) is 4.79 Å². The van der Waals surface area contributed by atoms with E-state index in [2.05, 4.69) is 5.32 Å². The summed E-state index contributed by atoms with van der Waals surface area (Å²) in [6.07, 6.45) is 1.55. The minimum Gasteiger partial charge on any atom is -0.491 e. The maximum atomic E-state index is 12.0. The Kier molecular flexibility index (Phi) is 6.02. The normalized spacial score (nSPS) is 15.2. The summed E-state index contributed by atoms with van der Waals surface area (Å²) in [5.41, 5.74) is 6.37. The Labute approximate surface area is 121 Å². The van der Waals surface area contributed by atoms with Crippen LogP contribution in [0.3, 0.4) is 0 Å². The first-order valence-electron chi connectivity index (χ1n) is 7.14. The van der Waals surface area contributed by atoms with Crippen LogP contribution in [0, 0.1) is 6.92 Å². The van der Waals surface area contributed by atoms with Gasteiger partial charge in [-0.15, -0.1) is 0 Å². The largest absolute Gasteiger partial charge is 0.491 e. The number of hydrogen-bond donors (Lipinski definition) is 2. The molecule has 0 aliphatic rings. The topological polar surface area (TPSA) is 64.4 Å². The average Bonchev–Trinajstić information content (AvgIpc) is 2.38. The maximum absolute atomic E-state index is 12.0. The van der Waals surface area contributed by atoms with E-state index in [1.165, 1.54) is 5.56 Å². The zero-order chi connectivity index (χ0) is 15.2. The van der Waals surface area contributed by atoms with E-state index in [1.807, 2.05) is 45.0 Å². The van der Waals surface area contributed by atoms with Crippen molar-refractivity contribution in [3.05, 3.63) is 29.8 Å². The smallest absolute Gasteiger partial charge is 0.240 e. The Bertz CT molecular complexity index is 427. The molecule has 3 N–H and O–H groups in total. The summed E-state index contributed by atoms with van der Waals surface area (Å²) in [5, 5.41) is 2.90. The van der Waals surface area contributed by atoms with Gasteiger partial charge < -0.3 is 15.8 Å². The molecule has 0 radical (unpaired) electrons. The highest BCUT2D eigenvalue weighted by Crippen LogP contribution is 2.12. The number of carbonyl (C=O) groups is 1. The molecule has 4 nitrogen and oxygen atoms in total. The number of benzene rings is 1. The van der Waals surface area contributed by atoms with E-state index in [-0.39, 0.29) is 11.9 Å². The second-order valence-corrected chi connectivity index (χ2v) is 5.67. The predicted molar refractivity (Wildman–Crippen MR) is 81.8 cm³/mol. The second kappa shape index (κ2) is 7.29. The van der Waals surface area contributed by atoms with Crippen LogP contribution < -0.4 is 15.8 Å². The van der Waals surface area contributed by atoms with Crippen LogP contribution >= 0.6 is 0 Å². The van der Waals surface area contributed by atoms with Gasteiger partial charge in [0.2, 0.25) is 5.91 Å². The summed E-state index contributed by atoms with van der Waals surface area (Å²) in [7, 11) is 0. The lowest BCUT2D eigenvalue weighted by Crippen LogP contribution is -2.54. The molecule has 0 spiro atoms. The molecule has 2 atom stereocenters. The first-order chi connectivity index (χ1) is 9.35. The van der Waals surface area contributed by atoms with Crippen molar-refractivity contribution in [2.24, 2.45) is 5.73 Å². The Hall–Kier alpha value is -1.55. The number of nitrogens with one attached hydrogen (secondary N) is 1. The quantitative estimate of drug-likeness (QED) is 0.805. The molecule has 0 aromatic heterocycles. The summed E-state index contributed by atoms with van der Waals surface area (Å²) in [6, 6.07) is 7.76. The highest BCUT2D eigenvalue weighted by molar-refractivity contribution is 5.85. The lowest BCUT2D eigenvalue weighted by Gasteiger charge is -2.25. The van der Waals surface area contributed by atoms with Crippen LogP contribution in [0.4, 0.5) is 0 Å². The van der Waals surface area contributed by atoms with Crippen LogP contribution in [0.25, 0.3) is 0 Å². The number of carbonyl (C=O) groups excluding carboxylic acids is 1. The molecule has 2 unspecified atom stereocenters. The van der Waals surface area contributed by atoms with Crippen molar-refractivity contribution in [3.8, 4) is 5.75 Å². The molecule has 0 heterocycles. The molecule has 0 saturated carbocycles. The lowest BCUT2D eigenvalue weighted by atomic mass is 9.96. The fourth-order valence-corrected chi connectivity index (χ4v) is 1.92. The van der Waals surface area contributed by atoms with Crippen molar-refractivity contribution in [1.29, 1.82) is 0 Å². The van der Waals surface area contributed by atoms with Crippen LogP contribution in [0.1, 0.15) is 39.2 Å². The van der Waals surface area contributed by atoms with E-state index in [1.54, 1.807) is 6.92 Å². The van der Waals surface area contributed by atoms with Gasteiger partial charge >= 0.3 is 0 Å². The van der Waals surface area contributed by atoms with Crippen molar-refractivity contribution in [2.45, 2.75) is 52.1 Å². The second-order valence-electron chi connectivity index (χ2n) is 5.67. The Morgan fingerprint density at radius 1 is 1.40 bits per heavy atom. The fraction of sp³-hybridized carbons (Fsp3) is 0.562. The van der Waals surface area contributed by atoms with E-state index in [0.29, 0.717) is 13.0 Å². The monoisotopic (exact) mass is 278 g/mol. The fourth-order valence-electron chi connectivity index (χ4n) is 1.92. The van der Waals surface area contributed by atoms with Crippen molar-refractivity contribution in [2.75, 3.05) is 6.61 Å². The third-order valence-corrected chi connectivity index (χ3v) is 3.19. The molecule has 1 amide bonds. The highest BCUT2D eigenvalue weighted by Gasteiger charge is 2.28. The number of rotatable bonds is 7. The minimum atomic E-state index is -0.813. The van der Waals surface area contributed by atoms with E-state index >= 15 is 0 Å². The van der Waals surface area contributed by atoms with E-state index < -0.39 is 5.54 Å². The van der Waals surface area contributed by atoms with Gasteiger partial charge in [-0.05, 0) is 39.3 Å². The number of hydrogen-bond acceptors (Lipinski definition) is 3. The molecule has 0 saturated heterocycles. The summed E-state index contributed by atoms with van der Waals surface area (Å²) >= 11 is 0. The van der Waals surface area contributed by atoms with Crippen LogP contribution in [0.2, 0.25) is 0 Å². The van der Waals surface area contributed by atoms with Crippen molar-refractivity contribution >= 4 is 5.91 Å². The number of aryl methyl sites for hydroxylation is 1. The molecule has 20 heavy (non-hydrogen) atoms. The molecule has 1 aromatic rings. The van der Waals surface area contributed by atoms with Crippen LogP contribution in [-0.2, 0) is 4.79 Å². The number of amides is 1. The zero-order valence-electron chi connectivity index (χ0n) is 12.9. The van der Waals surface area contributed by atoms with Gasteiger partial charge in [0, 0.05) is 0 Å². The van der Waals surface area contributed by atoms with Crippen LogP contribution in [0.5, 0.6) is 5.75 Å². The van der Waals surface area contributed by atoms with Gasteiger partial charge in [-0.1, -0.05) is 31.0 Å². The van der Waals surface area contributed by atoms with Gasteiger partial charge in [0.15, 0.2) is 0 Å². The molecule has 0 bridgehead atoms. The molecule has 0 aliphatic carbocycles. The highest BCUT2D eigenvalue weighted by atomic mass is 16.5. The third-order valence-electron chi connectivity index (χ3n) is 3.19. The standard InChI is InChI=1S/C16H26N2O2/c1-5-10-16(4,17)15(19)18-13(3)11-20-14-8-6-12(2)7-9-14/h6-9,13H,5,10-11,17H2,1-4H3,(H,18,19). The van der Waals surface area contributed by atoms with E-state index in [0.717, 1.165) is 12.2 Å². The van der Waals surface area contributed by atoms with Gasteiger partial charge in [0.25, 0.3) is 0 Å². The molecular formula is C16H26N2O2. The zero-order valence-corrected chi connectivity index (χ0v) is 12.9. The first-order valence-corrected chi connectivity index (χ1v) is 7.14. The van der Waals surface area contributed by atoms with Crippen molar-refractivity contribution in [3.63, 3.8) is 0 Å². The Morgan fingerprint density at radius 3 is 2.55 bits per heavy atom. The van der Waals surface area contributed by atoms with Gasteiger partial charge in [0.1, 0.15) is 12.4 Å². The Morgan fingerprint density at radius 2 is 2.00 bits per heavy atom. The van der Waals surface area contributed by atoms with Gasteiger partial charge in [0.05, 0.1) is 11.6 Å². The van der Waals surface area contributed by atoms with Crippen LogP contribution in [0.15, 0.2) is 24.3 Å². The molecule has 112 valence electrons. The SMILES string of the molecule is CCCC(C)(N)C(=O)NC(C)COc1ccc(C)cc1. The summed E-state index contributed by atoms with van der Waals surface area (Å²) in [5.74, 6) is 0.681. The summed E-state index contributed by atoms with van der Waals surface area (Å²) in [6.45, 7) is 8.15. The van der Waals surface area contributed by atoms with Crippen molar-refractivity contribution in [1.82, 2.24) is 5.32 Å². The molecule has 4 heteroatoms. The molecule has 1 rings (SSSR count). The number of nitrogens with two attached hydrogens (primary N) is 1. The summed E-state index contributed by atoms with van der Waals surface area (Å²) in [4.78, 5) is 12.0. The van der Waals surface area contributed by atoms with Gasteiger partial charge in [-0.25, -0.2) is 0 Å². The Balaban J connectivity index is 2.41. The van der Waals surface area contributed by atoms with Gasteiger partial charge in [-0.2, -0.15) is 0 Å². The molecule has 1 aromatic carbocycles. The molecular weight excluding hydrogens is 252 g/mol. The van der Waals surface area contributed by atoms with E-state index in [4.69, 9.17) is 10.5 Å². The van der Waals surface area contributed by atoms with Gasteiger partial charge in [-0.3, -0.25) is 4.79 Å². The lowest BCUT2D eigenvalue weighted by molar-refractivity contribution is -0.126. The third kappa shape index (κ3) is 5.21. The summed E-state index contributed by atoms with van der Waals surface area (Å²) < 4.78 is 5.64. The number of ether oxygens (including phenoxy) is 1. The minimum absolute atomic E-state index is 0.0801. The predicted octanol–water partition coefficient (Wildman–Crippen LogP) is 2.40. The average molecular weight is 278 g/mol. The van der Waals surface area contributed by atoms with Crippen molar-refractivity contribution < 1.29 is 9.53 Å². The first kappa shape index (κ1) is 16.5.